The largest absolute Gasteiger partial charge is 0.396 e. The normalized spacial score (nSPS) is 39.7. The molecule has 0 saturated heterocycles. The van der Waals surface area contributed by atoms with Crippen molar-refractivity contribution >= 4 is 0 Å². The summed E-state index contributed by atoms with van der Waals surface area (Å²) in [4.78, 5) is 0. The van der Waals surface area contributed by atoms with Crippen LogP contribution < -0.4 is 11.5 Å². The number of aliphatic hydroxyl groups is 1. The second-order valence-corrected chi connectivity index (χ2v) is 12.3. The standard InChI is InChI=1S/C26H47NO.C3H9NO/c1-25-15-5-3-8-20(25)10-12-22-23-13-11-21(26(23,2)16-14-24(22)25)9-4-6-18-28-19-7-17-27;4-2-1-3-5/h20-24H,3-19,27H2,1-2H3;5H,1-4H2. The van der Waals surface area contributed by atoms with Gasteiger partial charge < -0.3 is 21.3 Å². The van der Waals surface area contributed by atoms with Crippen LogP contribution in [0.15, 0.2) is 0 Å². The lowest BCUT2D eigenvalue weighted by Gasteiger charge is -2.60. The fourth-order valence-corrected chi connectivity index (χ4v) is 8.85. The zero-order valence-electron chi connectivity index (χ0n) is 22.0. The second-order valence-electron chi connectivity index (χ2n) is 12.3. The third-order valence-corrected chi connectivity index (χ3v) is 10.7. The van der Waals surface area contributed by atoms with E-state index in [1.54, 1.807) is 19.3 Å². The van der Waals surface area contributed by atoms with Crippen molar-refractivity contribution in [3.8, 4) is 0 Å². The minimum absolute atomic E-state index is 0.219. The van der Waals surface area contributed by atoms with Crippen LogP contribution in [0.4, 0.5) is 0 Å². The van der Waals surface area contributed by atoms with Crippen molar-refractivity contribution in [1.29, 1.82) is 0 Å². The summed E-state index contributed by atoms with van der Waals surface area (Å²) in [5, 5.41) is 7.99. The highest BCUT2D eigenvalue weighted by atomic mass is 16.5. The third kappa shape index (κ3) is 6.35. The van der Waals surface area contributed by atoms with Gasteiger partial charge in [0.1, 0.15) is 0 Å². The molecule has 7 atom stereocenters. The van der Waals surface area contributed by atoms with Crippen molar-refractivity contribution in [2.24, 2.45) is 51.9 Å². The Morgan fingerprint density at radius 2 is 1.52 bits per heavy atom. The molecule has 4 rings (SSSR count). The van der Waals surface area contributed by atoms with Crippen molar-refractivity contribution in [3.05, 3.63) is 0 Å². The van der Waals surface area contributed by atoms with E-state index in [9.17, 15) is 0 Å². The van der Waals surface area contributed by atoms with Crippen molar-refractivity contribution < 1.29 is 9.84 Å². The molecule has 4 nitrogen and oxygen atoms in total. The van der Waals surface area contributed by atoms with Crippen molar-refractivity contribution in [2.75, 3.05) is 32.9 Å². The van der Waals surface area contributed by atoms with Crippen LogP contribution in [0, 0.1) is 40.4 Å². The second kappa shape index (κ2) is 13.2. The van der Waals surface area contributed by atoms with E-state index >= 15 is 0 Å². The van der Waals surface area contributed by atoms with Crippen molar-refractivity contribution in [1.82, 2.24) is 0 Å². The molecule has 0 amide bonds. The summed E-state index contributed by atoms with van der Waals surface area (Å²) >= 11 is 0. The monoisotopic (exact) mass is 464 g/mol. The summed E-state index contributed by atoms with van der Waals surface area (Å²) in [5.41, 5.74) is 11.9. The van der Waals surface area contributed by atoms with Gasteiger partial charge in [-0.2, -0.15) is 0 Å². The number of rotatable bonds is 10. The molecular formula is C29H56N2O2. The van der Waals surface area contributed by atoms with Crippen molar-refractivity contribution in [2.45, 2.75) is 110 Å². The summed E-state index contributed by atoms with van der Waals surface area (Å²) in [6.07, 6.45) is 21.1. The van der Waals surface area contributed by atoms with Gasteiger partial charge in [-0.15, -0.1) is 0 Å². The summed E-state index contributed by atoms with van der Waals surface area (Å²) in [6.45, 7) is 8.78. The van der Waals surface area contributed by atoms with Crippen LogP contribution in [0.25, 0.3) is 0 Å². The Hall–Kier alpha value is -0.160. The van der Waals surface area contributed by atoms with Crippen molar-refractivity contribution in [3.63, 3.8) is 0 Å². The number of hydrogen-bond donors (Lipinski definition) is 3. The van der Waals surface area contributed by atoms with Crippen LogP contribution in [-0.2, 0) is 4.74 Å². The molecule has 4 saturated carbocycles. The topological polar surface area (TPSA) is 81.5 Å². The zero-order chi connectivity index (χ0) is 23.7. The molecule has 5 N–H and O–H groups in total. The molecule has 0 aromatic carbocycles. The van der Waals surface area contributed by atoms with E-state index in [1.165, 1.54) is 64.2 Å². The molecule has 7 unspecified atom stereocenters. The number of nitrogens with two attached hydrogens (primary N) is 2. The number of ether oxygens (including phenoxy) is 1. The van der Waals surface area contributed by atoms with E-state index in [1.807, 2.05) is 0 Å². The lowest BCUT2D eigenvalue weighted by molar-refractivity contribution is -0.111. The number of unbranched alkanes of at least 4 members (excludes halogenated alkanes) is 1. The minimum atomic E-state index is 0.219. The van der Waals surface area contributed by atoms with E-state index in [0.717, 1.165) is 62.2 Å². The molecule has 0 aliphatic heterocycles. The van der Waals surface area contributed by atoms with Crippen LogP contribution in [0.3, 0.4) is 0 Å². The molecule has 4 heteroatoms. The maximum Gasteiger partial charge on any atom is 0.0478 e. The summed E-state index contributed by atoms with van der Waals surface area (Å²) in [7, 11) is 0. The fourth-order valence-electron chi connectivity index (χ4n) is 8.85. The van der Waals surface area contributed by atoms with Gasteiger partial charge >= 0.3 is 0 Å². The summed E-state index contributed by atoms with van der Waals surface area (Å²) in [5.74, 6) is 5.20. The maximum atomic E-state index is 7.99. The fraction of sp³-hybridized carbons (Fsp3) is 1.00. The first kappa shape index (κ1) is 27.4. The average Bonchev–Trinajstić information content (AvgIpc) is 3.15. The van der Waals surface area contributed by atoms with Gasteiger partial charge in [-0.25, -0.2) is 0 Å². The molecule has 0 spiro atoms. The van der Waals surface area contributed by atoms with Gasteiger partial charge in [-0.05, 0) is 131 Å². The molecular weight excluding hydrogens is 408 g/mol. The predicted octanol–water partition coefficient (Wildman–Crippen LogP) is 5.90. The van der Waals surface area contributed by atoms with Crippen LogP contribution in [0.5, 0.6) is 0 Å². The summed E-state index contributed by atoms with van der Waals surface area (Å²) < 4.78 is 5.72. The van der Waals surface area contributed by atoms with Gasteiger partial charge in [-0.3, -0.25) is 0 Å². The Bertz CT molecular complexity index is 556. The first-order valence-corrected chi connectivity index (χ1v) is 14.6. The first-order valence-electron chi connectivity index (χ1n) is 14.6. The van der Waals surface area contributed by atoms with E-state index in [-0.39, 0.29) is 6.61 Å². The van der Waals surface area contributed by atoms with Crippen LogP contribution >= 0.6 is 0 Å². The van der Waals surface area contributed by atoms with Gasteiger partial charge in [0.15, 0.2) is 0 Å². The summed E-state index contributed by atoms with van der Waals surface area (Å²) in [6, 6.07) is 0. The van der Waals surface area contributed by atoms with E-state index in [0.29, 0.717) is 17.4 Å². The third-order valence-electron chi connectivity index (χ3n) is 10.7. The van der Waals surface area contributed by atoms with Crippen LogP contribution in [0.1, 0.15) is 110 Å². The molecule has 4 aliphatic rings. The molecule has 0 radical (unpaired) electrons. The number of aliphatic hydroxyl groups excluding tert-OH is 1. The molecule has 0 bridgehead atoms. The Morgan fingerprint density at radius 1 is 0.758 bits per heavy atom. The molecule has 194 valence electrons. The molecule has 4 aliphatic carbocycles. The quantitative estimate of drug-likeness (QED) is 0.352. The number of hydrogen-bond acceptors (Lipinski definition) is 4. The van der Waals surface area contributed by atoms with Crippen LogP contribution in [0.2, 0.25) is 0 Å². The van der Waals surface area contributed by atoms with Crippen LogP contribution in [-0.4, -0.2) is 38.0 Å². The molecule has 4 fully saturated rings. The van der Waals surface area contributed by atoms with Gasteiger partial charge in [-0.1, -0.05) is 33.1 Å². The molecule has 33 heavy (non-hydrogen) atoms. The van der Waals surface area contributed by atoms with Gasteiger partial charge in [0.05, 0.1) is 0 Å². The van der Waals surface area contributed by atoms with Gasteiger partial charge in [0.25, 0.3) is 0 Å². The Labute approximate surface area is 205 Å². The highest BCUT2D eigenvalue weighted by Gasteiger charge is 2.59. The van der Waals surface area contributed by atoms with E-state index in [4.69, 9.17) is 21.3 Å². The lowest BCUT2D eigenvalue weighted by Crippen LogP contribution is -2.52. The molecule has 0 heterocycles. The van der Waals surface area contributed by atoms with E-state index in [2.05, 4.69) is 13.8 Å². The Kier molecular flexibility index (Phi) is 11.0. The highest BCUT2D eigenvalue weighted by molar-refractivity contribution is 5.08. The molecule has 0 aromatic rings. The van der Waals surface area contributed by atoms with Gasteiger partial charge in [0.2, 0.25) is 0 Å². The van der Waals surface area contributed by atoms with Gasteiger partial charge in [0, 0.05) is 19.8 Å². The first-order chi connectivity index (χ1) is 16.0. The lowest BCUT2D eigenvalue weighted by atomic mass is 9.45. The number of fused-ring (bicyclic) bond motifs is 5. The Morgan fingerprint density at radius 3 is 2.24 bits per heavy atom. The van der Waals surface area contributed by atoms with E-state index < -0.39 is 0 Å². The minimum Gasteiger partial charge on any atom is -0.396 e. The maximum absolute atomic E-state index is 7.99. The smallest absolute Gasteiger partial charge is 0.0478 e. The SMILES string of the molecule is CC12CCCCC1CCC1C2CCC2(C)C(CCCCOCCCN)CCC12.NCCCO. The molecule has 0 aromatic heterocycles. The highest BCUT2D eigenvalue weighted by Crippen LogP contribution is 2.67. The average molecular weight is 465 g/mol. The predicted molar refractivity (Wildman–Crippen MR) is 139 cm³/mol. The zero-order valence-corrected chi connectivity index (χ0v) is 22.0. The Balaban J connectivity index is 0.000000555.